The molecule has 0 aliphatic rings. The van der Waals surface area contributed by atoms with Crippen molar-refractivity contribution in [2.75, 3.05) is 16.3 Å². The molecule has 2 aromatic carbocycles. The molecule has 0 amide bonds. The fourth-order valence-corrected chi connectivity index (χ4v) is 3.60. The minimum absolute atomic E-state index is 0.457. The molecule has 4 aromatic rings. The van der Waals surface area contributed by atoms with Crippen molar-refractivity contribution in [1.82, 2.24) is 15.0 Å². The third-order valence-corrected chi connectivity index (χ3v) is 4.89. The van der Waals surface area contributed by atoms with E-state index in [1.165, 1.54) is 0 Å². The highest BCUT2D eigenvalue weighted by atomic mass is 35.5. The molecule has 2 heterocycles. The summed E-state index contributed by atoms with van der Waals surface area (Å²) >= 11 is 6.28. The molecular weight excluding hydrogens is 398 g/mol. The molecule has 0 spiro atoms. The van der Waals surface area contributed by atoms with Crippen LogP contribution in [0, 0.1) is 0 Å². The lowest BCUT2D eigenvalue weighted by Crippen LogP contribution is -2.09. The van der Waals surface area contributed by atoms with Crippen molar-refractivity contribution in [2.24, 2.45) is 0 Å². The van der Waals surface area contributed by atoms with Gasteiger partial charge >= 0.3 is 0 Å². The SMILES string of the molecule is CS(=O)(=O)Nc1cccc(Nc2nccc3[nH]c(-c4ccccc4Cl)nc23)c1. The topological polar surface area (TPSA) is 99.8 Å². The lowest BCUT2D eigenvalue weighted by atomic mass is 10.2. The number of sulfonamides is 1. The average molecular weight is 414 g/mol. The first kappa shape index (κ1) is 18.3. The van der Waals surface area contributed by atoms with Gasteiger partial charge in [0.05, 0.1) is 22.5 Å². The number of H-pyrrole nitrogens is 1. The largest absolute Gasteiger partial charge is 0.338 e. The minimum Gasteiger partial charge on any atom is -0.338 e. The summed E-state index contributed by atoms with van der Waals surface area (Å²) in [5.41, 5.74) is 3.39. The zero-order valence-electron chi connectivity index (χ0n) is 14.8. The van der Waals surface area contributed by atoms with E-state index in [-0.39, 0.29) is 0 Å². The number of benzene rings is 2. The van der Waals surface area contributed by atoms with Crippen LogP contribution in [0.5, 0.6) is 0 Å². The fourth-order valence-electron chi connectivity index (χ4n) is 2.82. The van der Waals surface area contributed by atoms with E-state index in [9.17, 15) is 8.42 Å². The van der Waals surface area contributed by atoms with E-state index in [1.54, 1.807) is 24.4 Å². The van der Waals surface area contributed by atoms with Gasteiger partial charge in [-0.05, 0) is 36.4 Å². The number of rotatable bonds is 5. The Morgan fingerprint density at radius 3 is 2.61 bits per heavy atom. The number of hydrogen-bond acceptors (Lipinski definition) is 5. The van der Waals surface area contributed by atoms with Crippen molar-refractivity contribution in [2.45, 2.75) is 0 Å². The molecule has 0 saturated carbocycles. The average Bonchev–Trinajstić information content (AvgIpc) is 3.06. The molecule has 142 valence electrons. The smallest absolute Gasteiger partial charge is 0.229 e. The second kappa shape index (κ2) is 7.14. The standard InChI is InChI=1S/C19H16ClN5O2S/c1-28(26,27)25-13-6-4-5-12(11-13)22-19-17-16(9-10-21-19)23-18(24-17)14-7-2-3-8-15(14)20/h2-11,25H,1H3,(H,21,22)(H,23,24). The van der Waals surface area contributed by atoms with Crippen molar-refractivity contribution in [3.05, 3.63) is 65.8 Å². The summed E-state index contributed by atoms with van der Waals surface area (Å²) in [6.07, 6.45) is 2.77. The zero-order valence-corrected chi connectivity index (χ0v) is 16.3. The number of fused-ring (bicyclic) bond motifs is 1. The molecule has 2 aromatic heterocycles. The van der Waals surface area contributed by atoms with Gasteiger partial charge in [-0.3, -0.25) is 4.72 Å². The first-order valence-corrected chi connectivity index (χ1v) is 10.6. The van der Waals surface area contributed by atoms with E-state index in [0.717, 1.165) is 17.3 Å². The molecule has 9 heteroatoms. The van der Waals surface area contributed by atoms with Crippen molar-refractivity contribution in [3.63, 3.8) is 0 Å². The molecule has 0 saturated heterocycles. The van der Waals surface area contributed by atoms with E-state index in [2.05, 4.69) is 25.0 Å². The monoisotopic (exact) mass is 413 g/mol. The number of aromatic nitrogens is 3. The van der Waals surface area contributed by atoms with Crippen LogP contribution in [0.3, 0.4) is 0 Å². The molecule has 0 aliphatic heterocycles. The van der Waals surface area contributed by atoms with E-state index >= 15 is 0 Å². The van der Waals surface area contributed by atoms with Crippen LogP contribution in [0.15, 0.2) is 60.8 Å². The molecule has 0 radical (unpaired) electrons. The number of nitrogens with one attached hydrogen (secondary N) is 3. The second-order valence-electron chi connectivity index (χ2n) is 6.20. The summed E-state index contributed by atoms with van der Waals surface area (Å²) < 4.78 is 25.3. The third-order valence-electron chi connectivity index (χ3n) is 3.96. The lowest BCUT2D eigenvalue weighted by molar-refractivity contribution is 0.607. The van der Waals surface area contributed by atoms with Crippen molar-refractivity contribution >= 4 is 49.9 Å². The normalized spacial score (nSPS) is 11.5. The molecule has 0 unspecified atom stereocenters. The number of halogens is 1. The van der Waals surface area contributed by atoms with Gasteiger partial charge in [0.1, 0.15) is 11.3 Å². The molecule has 0 atom stereocenters. The molecule has 4 rings (SSSR count). The highest BCUT2D eigenvalue weighted by Gasteiger charge is 2.12. The van der Waals surface area contributed by atoms with E-state index in [1.807, 2.05) is 36.4 Å². The van der Waals surface area contributed by atoms with Gasteiger partial charge < -0.3 is 10.3 Å². The van der Waals surface area contributed by atoms with Crippen molar-refractivity contribution in [3.8, 4) is 11.4 Å². The van der Waals surface area contributed by atoms with Gasteiger partial charge in [0.25, 0.3) is 0 Å². The highest BCUT2D eigenvalue weighted by molar-refractivity contribution is 7.92. The van der Waals surface area contributed by atoms with Crippen LogP contribution in [0.2, 0.25) is 5.02 Å². The van der Waals surface area contributed by atoms with Gasteiger partial charge in [0, 0.05) is 17.4 Å². The van der Waals surface area contributed by atoms with Crippen molar-refractivity contribution < 1.29 is 8.42 Å². The zero-order chi connectivity index (χ0) is 19.7. The van der Waals surface area contributed by atoms with Crippen LogP contribution >= 0.6 is 11.6 Å². The minimum atomic E-state index is -3.36. The predicted octanol–water partition coefficient (Wildman–Crippen LogP) is 4.39. The quantitative estimate of drug-likeness (QED) is 0.450. The van der Waals surface area contributed by atoms with Crippen molar-refractivity contribution in [1.29, 1.82) is 0 Å². The van der Waals surface area contributed by atoms with Gasteiger partial charge in [0.15, 0.2) is 5.82 Å². The van der Waals surface area contributed by atoms with E-state index in [0.29, 0.717) is 33.6 Å². The predicted molar refractivity (Wildman–Crippen MR) is 113 cm³/mol. The molecule has 28 heavy (non-hydrogen) atoms. The van der Waals surface area contributed by atoms with E-state index < -0.39 is 10.0 Å². The molecular formula is C19H16ClN5O2S. The number of nitrogens with zero attached hydrogens (tertiary/aromatic N) is 2. The van der Waals surface area contributed by atoms with Crippen LogP contribution in [0.4, 0.5) is 17.2 Å². The van der Waals surface area contributed by atoms with Gasteiger partial charge in [-0.15, -0.1) is 0 Å². The van der Waals surface area contributed by atoms with Crippen LogP contribution in [0.1, 0.15) is 0 Å². The van der Waals surface area contributed by atoms with Gasteiger partial charge in [0.2, 0.25) is 10.0 Å². The summed E-state index contributed by atoms with van der Waals surface area (Å²) in [6.45, 7) is 0. The van der Waals surface area contributed by atoms with Gasteiger partial charge in [-0.25, -0.2) is 18.4 Å². The number of aromatic amines is 1. The maximum atomic E-state index is 11.4. The fraction of sp³-hybridized carbons (Fsp3) is 0.0526. The van der Waals surface area contributed by atoms with Crippen LogP contribution in [-0.2, 0) is 10.0 Å². The molecule has 0 bridgehead atoms. The highest BCUT2D eigenvalue weighted by Crippen LogP contribution is 2.30. The summed E-state index contributed by atoms with van der Waals surface area (Å²) in [5.74, 6) is 1.19. The Kier molecular flexibility index (Phi) is 4.66. The molecule has 0 aliphatic carbocycles. The molecule has 0 fully saturated rings. The first-order chi connectivity index (χ1) is 13.4. The molecule has 7 nitrogen and oxygen atoms in total. The Labute approximate surface area is 166 Å². The van der Waals surface area contributed by atoms with Crippen LogP contribution < -0.4 is 10.0 Å². The number of hydrogen-bond donors (Lipinski definition) is 3. The third kappa shape index (κ3) is 3.92. The maximum Gasteiger partial charge on any atom is 0.229 e. The summed E-state index contributed by atoms with van der Waals surface area (Å²) in [6, 6.07) is 16.2. The van der Waals surface area contributed by atoms with E-state index in [4.69, 9.17) is 11.6 Å². The maximum absolute atomic E-state index is 11.4. The van der Waals surface area contributed by atoms with Gasteiger partial charge in [-0.2, -0.15) is 0 Å². The molecule has 3 N–H and O–H groups in total. The lowest BCUT2D eigenvalue weighted by Gasteiger charge is -2.09. The number of anilines is 3. The Balaban J connectivity index is 1.70. The number of pyridine rings is 1. The first-order valence-electron chi connectivity index (χ1n) is 8.33. The Hall–Kier alpha value is -3.10. The summed E-state index contributed by atoms with van der Waals surface area (Å²) in [4.78, 5) is 12.3. The summed E-state index contributed by atoms with van der Waals surface area (Å²) in [5, 5.41) is 3.79. The summed E-state index contributed by atoms with van der Waals surface area (Å²) in [7, 11) is -3.36. The Morgan fingerprint density at radius 2 is 1.82 bits per heavy atom. The van der Waals surface area contributed by atoms with Gasteiger partial charge in [-0.1, -0.05) is 29.8 Å². The number of imidazole rings is 1. The Bertz CT molecular complexity index is 1270. The van der Waals surface area contributed by atoms with Crippen LogP contribution in [0.25, 0.3) is 22.4 Å². The Morgan fingerprint density at radius 1 is 1.04 bits per heavy atom. The van der Waals surface area contributed by atoms with Crippen LogP contribution in [-0.4, -0.2) is 29.6 Å². The second-order valence-corrected chi connectivity index (χ2v) is 8.36.